The molecule has 2 aliphatic heterocycles. The molecule has 0 spiro atoms. The van der Waals surface area contributed by atoms with E-state index in [0.717, 1.165) is 18.5 Å². The molecule has 0 saturated carbocycles. The SMILES string of the molecule is O=C(CC1CC2CCC(C1)N2)NCc1ccncn1. The normalized spacial score (nSPS) is 29.2. The standard InChI is InChI=1S/C14H20N4O/c19-14(16-8-13-3-4-15-9-17-13)7-10-5-11-1-2-12(6-10)18-11/h3-4,9-12,18H,1-2,5-8H2,(H,16,19). The Balaban J connectivity index is 1.44. The summed E-state index contributed by atoms with van der Waals surface area (Å²) >= 11 is 0. The number of aromatic nitrogens is 2. The Hall–Kier alpha value is -1.49. The Morgan fingerprint density at radius 1 is 1.37 bits per heavy atom. The summed E-state index contributed by atoms with van der Waals surface area (Å²) in [6.07, 6.45) is 8.72. The lowest BCUT2D eigenvalue weighted by Gasteiger charge is -2.28. The van der Waals surface area contributed by atoms with E-state index in [9.17, 15) is 4.79 Å². The minimum Gasteiger partial charge on any atom is -0.350 e. The Bertz CT molecular complexity index is 424. The van der Waals surface area contributed by atoms with Crippen molar-refractivity contribution in [2.24, 2.45) is 5.92 Å². The van der Waals surface area contributed by atoms with Gasteiger partial charge in [-0.05, 0) is 37.7 Å². The van der Waals surface area contributed by atoms with Crippen LogP contribution in [0, 0.1) is 5.92 Å². The van der Waals surface area contributed by atoms with Gasteiger partial charge in [-0.25, -0.2) is 9.97 Å². The van der Waals surface area contributed by atoms with Crippen LogP contribution in [0.1, 0.15) is 37.8 Å². The average Bonchev–Trinajstić information content (AvgIpc) is 2.77. The third kappa shape index (κ3) is 3.29. The summed E-state index contributed by atoms with van der Waals surface area (Å²) in [6, 6.07) is 3.13. The summed E-state index contributed by atoms with van der Waals surface area (Å²) in [5.41, 5.74) is 0.855. The third-order valence-electron chi connectivity index (χ3n) is 4.15. The summed E-state index contributed by atoms with van der Waals surface area (Å²) in [5, 5.41) is 6.55. The molecular formula is C14H20N4O. The molecule has 2 unspecified atom stereocenters. The highest BCUT2D eigenvalue weighted by Gasteiger charge is 2.34. The number of nitrogens with one attached hydrogen (secondary N) is 2. The first-order valence-corrected chi connectivity index (χ1v) is 7.07. The fraction of sp³-hybridized carbons (Fsp3) is 0.643. The quantitative estimate of drug-likeness (QED) is 0.848. The van der Waals surface area contributed by atoms with Gasteiger partial charge in [0.25, 0.3) is 0 Å². The molecular weight excluding hydrogens is 240 g/mol. The van der Waals surface area contributed by atoms with Gasteiger partial charge in [0.2, 0.25) is 5.91 Å². The van der Waals surface area contributed by atoms with Gasteiger partial charge >= 0.3 is 0 Å². The molecule has 2 fully saturated rings. The predicted octanol–water partition coefficient (Wildman–Crippen LogP) is 1.01. The number of nitrogens with zero attached hydrogens (tertiary/aromatic N) is 2. The van der Waals surface area contributed by atoms with E-state index >= 15 is 0 Å². The van der Waals surface area contributed by atoms with Crippen LogP contribution in [0.5, 0.6) is 0 Å². The summed E-state index contributed by atoms with van der Waals surface area (Å²) in [7, 11) is 0. The van der Waals surface area contributed by atoms with Crippen molar-refractivity contribution < 1.29 is 4.79 Å². The molecule has 2 saturated heterocycles. The molecule has 19 heavy (non-hydrogen) atoms. The van der Waals surface area contributed by atoms with Crippen molar-refractivity contribution in [3.05, 3.63) is 24.3 Å². The lowest BCUT2D eigenvalue weighted by atomic mass is 9.89. The van der Waals surface area contributed by atoms with Crippen molar-refractivity contribution in [1.29, 1.82) is 0 Å². The van der Waals surface area contributed by atoms with Crippen molar-refractivity contribution in [3.63, 3.8) is 0 Å². The predicted molar refractivity (Wildman–Crippen MR) is 71.2 cm³/mol. The Kier molecular flexibility index (Phi) is 3.73. The molecule has 1 amide bonds. The fourth-order valence-corrected chi connectivity index (χ4v) is 3.29. The Labute approximate surface area is 113 Å². The number of amides is 1. The Morgan fingerprint density at radius 2 is 2.16 bits per heavy atom. The molecule has 2 atom stereocenters. The van der Waals surface area contributed by atoms with Crippen LogP contribution in [0.4, 0.5) is 0 Å². The molecule has 0 aliphatic carbocycles. The van der Waals surface area contributed by atoms with E-state index in [1.165, 1.54) is 19.2 Å². The van der Waals surface area contributed by atoms with Crippen LogP contribution in [-0.4, -0.2) is 28.0 Å². The van der Waals surface area contributed by atoms with E-state index in [0.29, 0.717) is 31.0 Å². The van der Waals surface area contributed by atoms with Gasteiger partial charge in [0, 0.05) is 24.7 Å². The maximum absolute atomic E-state index is 11.9. The highest BCUT2D eigenvalue weighted by Crippen LogP contribution is 2.32. The number of rotatable bonds is 4. The van der Waals surface area contributed by atoms with Crippen molar-refractivity contribution in [2.45, 2.75) is 50.7 Å². The van der Waals surface area contributed by atoms with Crippen LogP contribution in [0.2, 0.25) is 0 Å². The van der Waals surface area contributed by atoms with Crippen molar-refractivity contribution in [3.8, 4) is 0 Å². The van der Waals surface area contributed by atoms with Crippen LogP contribution in [0.15, 0.2) is 18.6 Å². The van der Waals surface area contributed by atoms with Crippen molar-refractivity contribution in [2.75, 3.05) is 0 Å². The molecule has 102 valence electrons. The Morgan fingerprint density at radius 3 is 2.84 bits per heavy atom. The first-order chi connectivity index (χ1) is 9.29. The minimum atomic E-state index is 0.143. The molecule has 1 aromatic heterocycles. The fourth-order valence-electron chi connectivity index (χ4n) is 3.29. The van der Waals surface area contributed by atoms with Gasteiger partial charge in [-0.2, -0.15) is 0 Å². The number of carbonyl (C=O) groups is 1. The zero-order valence-corrected chi connectivity index (χ0v) is 11.0. The largest absolute Gasteiger partial charge is 0.350 e. The van der Waals surface area contributed by atoms with Gasteiger partial charge < -0.3 is 10.6 Å². The highest BCUT2D eigenvalue weighted by atomic mass is 16.1. The molecule has 2 N–H and O–H groups in total. The van der Waals surface area contributed by atoms with E-state index in [-0.39, 0.29) is 5.91 Å². The van der Waals surface area contributed by atoms with E-state index in [2.05, 4.69) is 20.6 Å². The lowest BCUT2D eigenvalue weighted by Crippen LogP contribution is -2.39. The molecule has 0 radical (unpaired) electrons. The smallest absolute Gasteiger partial charge is 0.220 e. The van der Waals surface area contributed by atoms with Gasteiger partial charge in [-0.3, -0.25) is 4.79 Å². The van der Waals surface area contributed by atoms with Crippen LogP contribution < -0.4 is 10.6 Å². The maximum Gasteiger partial charge on any atom is 0.220 e. The van der Waals surface area contributed by atoms with Crippen molar-refractivity contribution >= 4 is 5.91 Å². The minimum absolute atomic E-state index is 0.143. The average molecular weight is 260 g/mol. The van der Waals surface area contributed by atoms with Gasteiger partial charge in [0.1, 0.15) is 6.33 Å². The van der Waals surface area contributed by atoms with Crippen LogP contribution in [-0.2, 0) is 11.3 Å². The maximum atomic E-state index is 11.9. The molecule has 3 rings (SSSR count). The summed E-state index contributed by atoms with van der Waals surface area (Å²) < 4.78 is 0. The topological polar surface area (TPSA) is 66.9 Å². The van der Waals surface area contributed by atoms with E-state index < -0.39 is 0 Å². The number of carbonyl (C=O) groups excluding carboxylic acids is 1. The van der Waals surface area contributed by atoms with Gasteiger partial charge in [0.15, 0.2) is 0 Å². The molecule has 1 aromatic rings. The third-order valence-corrected chi connectivity index (χ3v) is 4.15. The second kappa shape index (κ2) is 5.65. The van der Waals surface area contributed by atoms with E-state index in [1.54, 1.807) is 6.20 Å². The van der Waals surface area contributed by atoms with Gasteiger partial charge in [0.05, 0.1) is 12.2 Å². The van der Waals surface area contributed by atoms with Gasteiger partial charge in [-0.1, -0.05) is 0 Å². The van der Waals surface area contributed by atoms with E-state index in [4.69, 9.17) is 0 Å². The zero-order valence-electron chi connectivity index (χ0n) is 11.0. The first-order valence-electron chi connectivity index (χ1n) is 7.07. The summed E-state index contributed by atoms with van der Waals surface area (Å²) in [6.45, 7) is 0.499. The van der Waals surface area contributed by atoms with Crippen LogP contribution in [0.25, 0.3) is 0 Å². The summed E-state index contributed by atoms with van der Waals surface area (Å²) in [5.74, 6) is 0.689. The number of hydrogen-bond acceptors (Lipinski definition) is 4. The zero-order chi connectivity index (χ0) is 13.1. The number of hydrogen-bond donors (Lipinski definition) is 2. The second-order valence-electron chi connectivity index (χ2n) is 5.66. The second-order valence-corrected chi connectivity index (χ2v) is 5.66. The first kappa shape index (κ1) is 12.5. The molecule has 2 bridgehead atoms. The van der Waals surface area contributed by atoms with Crippen LogP contribution in [0.3, 0.4) is 0 Å². The number of fused-ring (bicyclic) bond motifs is 2. The highest BCUT2D eigenvalue weighted by molar-refractivity contribution is 5.76. The molecule has 3 heterocycles. The monoisotopic (exact) mass is 260 g/mol. The van der Waals surface area contributed by atoms with Crippen molar-refractivity contribution in [1.82, 2.24) is 20.6 Å². The summed E-state index contributed by atoms with van der Waals surface area (Å²) in [4.78, 5) is 19.9. The lowest BCUT2D eigenvalue weighted by molar-refractivity contribution is -0.122. The molecule has 0 aromatic carbocycles. The molecule has 5 nitrogen and oxygen atoms in total. The van der Waals surface area contributed by atoms with Gasteiger partial charge in [-0.15, -0.1) is 0 Å². The molecule has 5 heteroatoms. The van der Waals surface area contributed by atoms with E-state index in [1.807, 2.05) is 6.07 Å². The van der Waals surface area contributed by atoms with Crippen LogP contribution >= 0.6 is 0 Å². The molecule has 2 aliphatic rings. The number of piperidine rings is 1.